The zero-order valence-electron chi connectivity index (χ0n) is 14.1. The Kier molecular flexibility index (Phi) is 6.10. The van der Waals surface area contributed by atoms with Crippen molar-refractivity contribution in [3.05, 3.63) is 28.2 Å². The fourth-order valence-corrected chi connectivity index (χ4v) is 2.38. The van der Waals surface area contributed by atoms with Gasteiger partial charge >= 0.3 is 6.09 Å². The molecule has 0 spiro atoms. The molecule has 0 saturated heterocycles. The van der Waals surface area contributed by atoms with Crippen LogP contribution in [0.5, 0.6) is 5.75 Å². The highest BCUT2D eigenvalue weighted by molar-refractivity contribution is 9.10. The molecule has 0 unspecified atom stereocenters. The van der Waals surface area contributed by atoms with Gasteiger partial charge < -0.3 is 20.1 Å². The summed E-state index contributed by atoms with van der Waals surface area (Å²) in [6.45, 7) is 6.00. The molecule has 1 saturated carbocycles. The van der Waals surface area contributed by atoms with Crippen molar-refractivity contribution < 1.29 is 19.1 Å². The molecule has 1 aliphatic carbocycles. The maximum Gasteiger partial charge on any atom is 0.407 e. The second-order valence-corrected chi connectivity index (χ2v) is 7.62. The van der Waals surface area contributed by atoms with E-state index in [-0.39, 0.29) is 12.5 Å². The summed E-state index contributed by atoms with van der Waals surface area (Å²) in [5.74, 6) is 0.465. The number of ether oxygens (including phenoxy) is 2. The van der Waals surface area contributed by atoms with E-state index in [4.69, 9.17) is 9.47 Å². The molecule has 132 valence electrons. The molecule has 2 rings (SSSR count). The lowest BCUT2D eigenvalue weighted by atomic mass is 10.2. The molecular weight excluding hydrogens is 376 g/mol. The Morgan fingerprint density at radius 1 is 1.25 bits per heavy atom. The molecule has 0 radical (unpaired) electrons. The van der Waals surface area contributed by atoms with E-state index in [9.17, 15) is 9.59 Å². The highest BCUT2D eigenvalue weighted by Gasteiger charge is 2.24. The topological polar surface area (TPSA) is 76.7 Å². The number of rotatable bonds is 6. The number of carbonyl (C=O) groups excluding carboxylic acids is 2. The number of nitrogens with one attached hydrogen (secondary N) is 2. The van der Waals surface area contributed by atoms with Crippen LogP contribution >= 0.6 is 15.9 Å². The molecule has 6 nitrogen and oxygen atoms in total. The van der Waals surface area contributed by atoms with Crippen LogP contribution in [0.2, 0.25) is 0 Å². The van der Waals surface area contributed by atoms with Gasteiger partial charge in [0.05, 0.1) is 6.54 Å². The van der Waals surface area contributed by atoms with Gasteiger partial charge in [0.25, 0.3) is 5.91 Å². The van der Waals surface area contributed by atoms with Gasteiger partial charge in [0, 0.05) is 16.1 Å². The van der Waals surface area contributed by atoms with E-state index in [2.05, 4.69) is 26.6 Å². The first-order valence-corrected chi connectivity index (χ1v) is 8.73. The summed E-state index contributed by atoms with van der Waals surface area (Å²) in [6, 6.07) is 5.53. The van der Waals surface area contributed by atoms with Gasteiger partial charge in [-0.1, -0.05) is 15.9 Å². The Morgan fingerprint density at radius 3 is 2.58 bits per heavy atom. The molecule has 24 heavy (non-hydrogen) atoms. The first-order valence-electron chi connectivity index (χ1n) is 7.94. The molecule has 1 aliphatic rings. The van der Waals surface area contributed by atoms with Crippen molar-refractivity contribution in [2.45, 2.75) is 45.3 Å². The lowest BCUT2D eigenvalue weighted by Crippen LogP contribution is -2.34. The van der Waals surface area contributed by atoms with Crippen molar-refractivity contribution in [2.24, 2.45) is 0 Å². The van der Waals surface area contributed by atoms with Crippen molar-refractivity contribution in [2.75, 3.05) is 13.2 Å². The number of alkyl carbamates (subject to hydrolysis) is 1. The number of halogens is 1. The first kappa shape index (κ1) is 18.6. The molecule has 1 aromatic rings. The smallest absolute Gasteiger partial charge is 0.407 e. The summed E-state index contributed by atoms with van der Waals surface area (Å²) in [4.78, 5) is 23.6. The Balaban J connectivity index is 1.80. The number of benzene rings is 1. The molecule has 0 atom stereocenters. The Labute approximate surface area is 150 Å². The maximum absolute atomic E-state index is 12.1. The van der Waals surface area contributed by atoms with E-state index >= 15 is 0 Å². The van der Waals surface area contributed by atoms with Crippen molar-refractivity contribution in [1.82, 2.24) is 10.6 Å². The van der Waals surface area contributed by atoms with E-state index in [0.717, 1.165) is 17.3 Å². The van der Waals surface area contributed by atoms with Crippen LogP contribution in [0.1, 0.15) is 44.0 Å². The van der Waals surface area contributed by atoms with E-state index in [1.54, 1.807) is 39.0 Å². The minimum absolute atomic E-state index is 0.101. The zero-order valence-corrected chi connectivity index (χ0v) is 15.7. The van der Waals surface area contributed by atoms with Crippen molar-refractivity contribution >= 4 is 27.9 Å². The molecule has 2 N–H and O–H groups in total. The summed E-state index contributed by atoms with van der Waals surface area (Å²) >= 11 is 3.38. The predicted molar refractivity (Wildman–Crippen MR) is 94.4 cm³/mol. The Bertz CT molecular complexity index is 609. The largest absolute Gasteiger partial charge is 0.492 e. The predicted octanol–water partition coefficient (Wildman–Crippen LogP) is 3.24. The summed E-state index contributed by atoms with van der Waals surface area (Å²) in [6.07, 6.45) is 1.60. The molecular formula is C17H23BrN2O4. The molecule has 0 bridgehead atoms. The van der Waals surface area contributed by atoms with Gasteiger partial charge in [0.2, 0.25) is 0 Å². The third-order valence-corrected chi connectivity index (χ3v) is 3.54. The Morgan fingerprint density at radius 2 is 1.96 bits per heavy atom. The van der Waals surface area contributed by atoms with Gasteiger partial charge in [-0.3, -0.25) is 4.79 Å². The minimum Gasteiger partial charge on any atom is -0.492 e. The minimum atomic E-state index is -0.529. The van der Waals surface area contributed by atoms with Crippen LogP contribution in [-0.2, 0) is 4.74 Å². The maximum atomic E-state index is 12.1. The van der Waals surface area contributed by atoms with E-state index in [1.807, 2.05) is 0 Å². The number of hydrogen-bond acceptors (Lipinski definition) is 4. The lowest BCUT2D eigenvalue weighted by Gasteiger charge is -2.19. The highest BCUT2D eigenvalue weighted by Crippen LogP contribution is 2.23. The lowest BCUT2D eigenvalue weighted by molar-refractivity contribution is 0.0520. The number of carbonyl (C=O) groups is 2. The van der Waals surface area contributed by atoms with Gasteiger partial charge in [-0.25, -0.2) is 4.79 Å². The van der Waals surface area contributed by atoms with Crippen LogP contribution in [0.4, 0.5) is 4.79 Å². The van der Waals surface area contributed by atoms with Crippen molar-refractivity contribution in [1.29, 1.82) is 0 Å². The average Bonchev–Trinajstić information content (AvgIpc) is 3.25. The second kappa shape index (κ2) is 7.88. The molecule has 7 heteroatoms. The molecule has 1 aromatic carbocycles. The zero-order chi connectivity index (χ0) is 17.7. The standard InChI is InChI=1S/C17H23BrN2O4/c1-17(2,3)24-16(22)19-6-7-23-14-9-11(8-12(18)10-14)15(21)20-13-4-5-13/h8-10,13H,4-7H2,1-3H3,(H,19,22)(H,20,21). The fraction of sp³-hybridized carbons (Fsp3) is 0.529. The molecule has 0 aromatic heterocycles. The number of hydrogen-bond donors (Lipinski definition) is 2. The molecule has 2 amide bonds. The highest BCUT2D eigenvalue weighted by atomic mass is 79.9. The van der Waals surface area contributed by atoms with Crippen molar-refractivity contribution in [3.63, 3.8) is 0 Å². The van der Waals surface area contributed by atoms with E-state index < -0.39 is 11.7 Å². The monoisotopic (exact) mass is 398 g/mol. The van der Waals surface area contributed by atoms with Crippen LogP contribution in [-0.4, -0.2) is 36.8 Å². The van der Waals surface area contributed by atoms with Crippen molar-refractivity contribution in [3.8, 4) is 5.75 Å². The Hall–Kier alpha value is -1.76. The summed E-state index contributed by atoms with van der Waals surface area (Å²) < 4.78 is 11.5. The quantitative estimate of drug-likeness (QED) is 0.721. The fourth-order valence-electron chi connectivity index (χ4n) is 1.91. The molecule has 0 aliphatic heterocycles. The third kappa shape index (κ3) is 6.78. The van der Waals surface area contributed by atoms with E-state index in [0.29, 0.717) is 23.9 Å². The van der Waals surface area contributed by atoms with Gasteiger partial charge in [0.15, 0.2) is 0 Å². The molecule has 1 fully saturated rings. The summed E-state index contributed by atoms with van der Waals surface area (Å²) in [7, 11) is 0. The third-order valence-electron chi connectivity index (χ3n) is 3.09. The second-order valence-electron chi connectivity index (χ2n) is 6.70. The van der Waals surface area contributed by atoms with E-state index in [1.165, 1.54) is 0 Å². The van der Waals surface area contributed by atoms with Crippen LogP contribution in [0.15, 0.2) is 22.7 Å². The summed E-state index contributed by atoms with van der Waals surface area (Å²) in [5, 5.41) is 5.56. The van der Waals surface area contributed by atoms with Crippen LogP contribution in [0.3, 0.4) is 0 Å². The first-order chi connectivity index (χ1) is 11.2. The van der Waals surface area contributed by atoms with Gasteiger partial charge in [-0.15, -0.1) is 0 Å². The summed E-state index contributed by atoms with van der Waals surface area (Å²) in [5.41, 5.74) is 0.0189. The van der Waals surface area contributed by atoms with Gasteiger partial charge in [-0.05, 0) is 51.8 Å². The van der Waals surface area contributed by atoms with Gasteiger partial charge in [-0.2, -0.15) is 0 Å². The SMILES string of the molecule is CC(C)(C)OC(=O)NCCOc1cc(Br)cc(C(=O)NC2CC2)c1. The average molecular weight is 399 g/mol. The number of amides is 2. The van der Waals surface area contributed by atoms with Gasteiger partial charge in [0.1, 0.15) is 18.0 Å². The van der Waals surface area contributed by atoms with Crippen LogP contribution in [0, 0.1) is 0 Å². The normalized spacial score (nSPS) is 14.0. The van der Waals surface area contributed by atoms with Crippen LogP contribution < -0.4 is 15.4 Å². The molecule has 0 heterocycles. The van der Waals surface area contributed by atoms with Crippen LogP contribution in [0.25, 0.3) is 0 Å².